The first-order chi connectivity index (χ1) is 12.5. The summed E-state index contributed by atoms with van der Waals surface area (Å²) in [5.74, 6) is 0.338. The van der Waals surface area contributed by atoms with Crippen LogP contribution in [0.2, 0.25) is 0 Å². The Balaban J connectivity index is 1.46. The molecule has 2 aliphatic heterocycles. The van der Waals surface area contributed by atoms with Crippen molar-refractivity contribution in [1.82, 2.24) is 10.2 Å². The van der Waals surface area contributed by atoms with E-state index in [9.17, 15) is 18.4 Å². The number of benzene rings is 1. The summed E-state index contributed by atoms with van der Waals surface area (Å²) < 4.78 is 30.2. The summed E-state index contributed by atoms with van der Waals surface area (Å²) in [4.78, 5) is 27.6. The SMILES string of the molecule is O=C(CCN1C(=O)COc2ccccc21)NC1CCN(CC(F)F)CC1. The molecule has 8 heteroatoms. The van der Waals surface area contributed by atoms with Crippen molar-refractivity contribution in [1.29, 1.82) is 0 Å². The molecule has 2 aliphatic rings. The van der Waals surface area contributed by atoms with Crippen molar-refractivity contribution in [3.05, 3.63) is 24.3 Å². The fourth-order valence-electron chi connectivity index (χ4n) is 3.37. The number of carbonyl (C=O) groups is 2. The molecule has 1 N–H and O–H groups in total. The Kier molecular flexibility index (Phi) is 6.03. The van der Waals surface area contributed by atoms with Crippen LogP contribution < -0.4 is 15.0 Å². The first-order valence-electron chi connectivity index (χ1n) is 8.85. The highest BCUT2D eigenvalue weighted by molar-refractivity contribution is 5.98. The third-order valence-corrected chi connectivity index (χ3v) is 4.72. The minimum Gasteiger partial charge on any atom is -0.482 e. The van der Waals surface area contributed by atoms with Crippen molar-refractivity contribution >= 4 is 17.5 Å². The smallest absolute Gasteiger partial charge is 0.265 e. The molecule has 3 rings (SSSR count). The maximum absolute atomic E-state index is 12.4. The molecule has 0 unspecified atom stereocenters. The minimum atomic E-state index is -2.32. The Morgan fingerprint density at radius 1 is 1.27 bits per heavy atom. The van der Waals surface area contributed by atoms with Gasteiger partial charge in [0.1, 0.15) is 5.75 Å². The number of amides is 2. The van der Waals surface area contributed by atoms with Crippen LogP contribution in [-0.2, 0) is 9.59 Å². The highest BCUT2D eigenvalue weighted by Gasteiger charge is 2.26. The maximum Gasteiger partial charge on any atom is 0.265 e. The first kappa shape index (κ1) is 18.6. The molecule has 2 heterocycles. The van der Waals surface area contributed by atoms with Crippen molar-refractivity contribution in [3.63, 3.8) is 0 Å². The fourth-order valence-corrected chi connectivity index (χ4v) is 3.37. The number of para-hydroxylation sites is 2. The second-order valence-electron chi connectivity index (χ2n) is 6.59. The molecule has 0 saturated carbocycles. The van der Waals surface area contributed by atoms with Crippen LogP contribution in [-0.4, -0.2) is 62.0 Å². The molecule has 2 amide bonds. The van der Waals surface area contributed by atoms with Crippen LogP contribution in [0.1, 0.15) is 19.3 Å². The van der Waals surface area contributed by atoms with Crippen molar-refractivity contribution in [3.8, 4) is 5.75 Å². The van der Waals surface area contributed by atoms with E-state index in [1.165, 1.54) is 0 Å². The molecule has 26 heavy (non-hydrogen) atoms. The van der Waals surface area contributed by atoms with Gasteiger partial charge in [-0.1, -0.05) is 12.1 Å². The molecule has 1 saturated heterocycles. The molecule has 0 bridgehead atoms. The van der Waals surface area contributed by atoms with E-state index in [2.05, 4.69) is 5.32 Å². The molecule has 6 nitrogen and oxygen atoms in total. The van der Waals surface area contributed by atoms with Crippen LogP contribution in [0.4, 0.5) is 14.5 Å². The third-order valence-electron chi connectivity index (χ3n) is 4.72. The standard InChI is InChI=1S/C18H23F2N3O3/c19-16(20)11-22-8-5-13(6-9-22)21-17(24)7-10-23-14-3-1-2-4-15(14)26-12-18(23)25/h1-4,13,16H,5-12H2,(H,21,24). The largest absolute Gasteiger partial charge is 0.482 e. The second-order valence-corrected chi connectivity index (χ2v) is 6.59. The van der Waals surface area contributed by atoms with Crippen LogP contribution in [0, 0.1) is 0 Å². The topological polar surface area (TPSA) is 61.9 Å². The van der Waals surface area contributed by atoms with E-state index in [-0.39, 0.29) is 44.0 Å². The van der Waals surface area contributed by atoms with Gasteiger partial charge in [0.2, 0.25) is 5.91 Å². The molecule has 1 aromatic carbocycles. The van der Waals surface area contributed by atoms with Gasteiger partial charge >= 0.3 is 0 Å². The molecule has 142 valence electrons. The van der Waals surface area contributed by atoms with Crippen LogP contribution in [0.25, 0.3) is 0 Å². The summed E-state index contributed by atoms with van der Waals surface area (Å²) in [6, 6.07) is 7.25. The van der Waals surface area contributed by atoms with E-state index in [1.807, 2.05) is 12.1 Å². The van der Waals surface area contributed by atoms with Gasteiger partial charge in [-0.15, -0.1) is 0 Å². The molecule has 0 atom stereocenters. The minimum absolute atomic E-state index is 0.00380. The maximum atomic E-state index is 12.4. The van der Waals surface area contributed by atoms with Crippen molar-refractivity contribution in [2.75, 3.05) is 37.7 Å². The van der Waals surface area contributed by atoms with Crippen molar-refractivity contribution < 1.29 is 23.1 Å². The number of carbonyl (C=O) groups excluding carboxylic acids is 2. The number of likely N-dealkylation sites (tertiary alicyclic amines) is 1. The van der Waals surface area contributed by atoms with Gasteiger partial charge in [-0.05, 0) is 25.0 Å². The summed E-state index contributed by atoms with van der Waals surface area (Å²) >= 11 is 0. The first-order valence-corrected chi connectivity index (χ1v) is 8.85. The van der Waals surface area contributed by atoms with Gasteiger partial charge in [0.25, 0.3) is 12.3 Å². The summed E-state index contributed by atoms with van der Waals surface area (Å²) in [6.45, 7) is 1.17. The zero-order valence-corrected chi connectivity index (χ0v) is 14.5. The fraction of sp³-hybridized carbons (Fsp3) is 0.556. The average molecular weight is 367 g/mol. The third kappa shape index (κ3) is 4.69. The Bertz CT molecular complexity index is 648. The van der Waals surface area contributed by atoms with Gasteiger partial charge in [0, 0.05) is 32.1 Å². The highest BCUT2D eigenvalue weighted by Crippen LogP contribution is 2.31. The number of alkyl halides is 2. The summed E-state index contributed by atoms with van der Waals surface area (Å²) in [7, 11) is 0. The van der Waals surface area contributed by atoms with E-state index in [1.54, 1.807) is 21.9 Å². The molecular formula is C18H23F2N3O3. The van der Waals surface area contributed by atoms with Crippen LogP contribution in [0.3, 0.4) is 0 Å². The van der Waals surface area contributed by atoms with Crippen molar-refractivity contribution in [2.45, 2.75) is 31.7 Å². The average Bonchev–Trinajstić information content (AvgIpc) is 2.62. The number of nitrogens with zero attached hydrogens (tertiary/aromatic N) is 2. The molecular weight excluding hydrogens is 344 g/mol. The van der Waals surface area contributed by atoms with Gasteiger partial charge < -0.3 is 15.0 Å². The molecule has 0 aliphatic carbocycles. The van der Waals surface area contributed by atoms with Crippen LogP contribution in [0.15, 0.2) is 24.3 Å². The van der Waals surface area contributed by atoms with Gasteiger partial charge in [-0.3, -0.25) is 14.5 Å². The number of ether oxygens (including phenoxy) is 1. The quantitative estimate of drug-likeness (QED) is 0.831. The van der Waals surface area contributed by atoms with E-state index >= 15 is 0 Å². The summed E-state index contributed by atoms with van der Waals surface area (Å²) in [5, 5.41) is 2.95. The Hall–Kier alpha value is -2.22. The zero-order chi connectivity index (χ0) is 18.5. The number of rotatable bonds is 6. The number of piperidine rings is 1. The van der Waals surface area contributed by atoms with E-state index in [4.69, 9.17) is 4.74 Å². The van der Waals surface area contributed by atoms with Gasteiger partial charge in [-0.25, -0.2) is 8.78 Å². The highest BCUT2D eigenvalue weighted by atomic mass is 19.3. The number of nitrogens with one attached hydrogen (secondary N) is 1. The Morgan fingerprint density at radius 2 is 2.00 bits per heavy atom. The van der Waals surface area contributed by atoms with E-state index < -0.39 is 6.43 Å². The Morgan fingerprint density at radius 3 is 2.73 bits per heavy atom. The normalized spacial score (nSPS) is 18.6. The summed E-state index contributed by atoms with van der Waals surface area (Å²) in [5.41, 5.74) is 0.678. The molecule has 1 fully saturated rings. The monoisotopic (exact) mass is 367 g/mol. The number of anilines is 1. The van der Waals surface area contributed by atoms with Gasteiger partial charge in [-0.2, -0.15) is 0 Å². The molecule has 1 aromatic rings. The van der Waals surface area contributed by atoms with Crippen molar-refractivity contribution in [2.24, 2.45) is 0 Å². The Labute approximate surface area is 151 Å². The molecule has 0 spiro atoms. The second kappa shape index (κ2) is 8.44. The van der Waals surface area contributed by atoms with Gasteiger partial charge in [0.05, 0.1) is 12.2 Å². The summed E-state index contributed by atoms with van der Waals surface area (Å²) in [6.07, 6.45) is -0.803. The lowest BCUT2D eigenvalue weighted by Gasteiger charge is -2.32. The predicted octanol–water partition coefficient (Wildman–Crippen LogP) is 1.65. The molecule has 0 radical (unpaired) electrons. The lowest BCUT2D eigenvalue weighted by Crippen LogP contribution is -2.47. The van der Waals surface area contributed by atoms with Crippen LogP contribution in [0.5, 0.6) is 5.75 Å². The van der Waals surface area contributed by atoms with Crippen LogP contribution >= 0.6 is 0 Å². The predicted molar refractivity (Wildman–Crippen MR) is 92.5 cm³/mol. The zero-order valence-electron chi connectivity index (χ0n) is 14.5. The number of hydrogen-bond acceptors (Lipinski definition) is 4. The number of halogens is 2. The van der Waals surface area contributed by atoms with Gasteiger partial charge in [0.15, 0.2) is 6.61 Å². The molecule has 0 aromatic heterocycles. The number of fused-ring (bicyclic) bond motifs is 1. The number of hydrogen-bond donors (Lipinski definition) is 1. The lowest BCUT2D eigenvalue weighted by molar-refractivity contribution is -0.122. The van der Waals surface area contributed by atoms with E-state index in [0.29, 0.717) is 37.4 Å². The lowest BCUT2D eigenvalue weighted by atomic mass is 10.0. The van der Waals surface area contributed by atoms with E-state index in [0.717, 1.165) is 0 Å².